The number of carbonyl (C=O) groups excluding carboxylic acids is 1. The lowest BCUT2D eigenvalue weighted by Gasteiger charge is -1.96. The van der Waals surface area contributed by atoms with Crippen molar-refractivity contribution in [2.75, 3.05) is 6.61 Å². The molecule has 19 heavy (non-hydrogen) atoms. The molecule has 7 heteroatoms. The fraction of sp³-hybridized carbons (Fsp3) is 0.167. The van der Waals surface area contributed by atoms with Crippen LogP contribution < -0.4 is 0 Å². The van der Waals surface area contributed by atoms with Crippen LogP contribution in [0.2, 0.25) is 0 Å². The van der Waals surface area contributed by atoms with Gasteiger partial charge in [0.25, 0.3) is 5.69 Å². The molecule has 98 valence electrons. The maximum atomic E-state index is 11.4. The molecular formula is C12H10N2O5. The second-order valence-corrected chi connectivity index (χ2v) is 3.56. The fourth-order valence-electron chi connectivity index (χ4n) is 1.45. The van der Waals surface area contributed by atoms with Crippen molar-refractivity contribution in [3.05, 3.63) is 46.5 Å². The second-order valence-electron chi connectivity index (χ2n) is 3.56. The average molecular weight is 262 g/mol. The lowest BCUT2D eigenvalue weighted by molar-refractivity contribution is -0.384. The molecule has 0 fully saturated rings. The molecule has 2 aromatic rings. The summed E-state index contributed by atoms with van der Waals surface area (Å²) in [5, 5.41) is 10.5. The molecule has 0 spiro atoms. The molecule has 0 saturated carbocycles. The van der Waals surface area contributed by atoms with Crippen LogP contribution in [0.25, 0.3) is 11.3 Å². The minimum atomic E-state index is -0.643. The maximum Gasteiger partial charge on any atom is 0.394 e. The molecule has 0 N–H and O–H groups in total. The first-order valence-electron chi connectivity index (χ1n) is 5.49. The highest BCUT2D eigenvalue weighted by Crippen LogP contribution is 2.21. The Hall–Kier alpha value is -2.70. The van der Waals surface area contributed by atoms with Gasteiger partial charge in [-0.15, -0.1) is 0 Å². The molecule has 7 nitrogen and oxygen atoms in total. The van der Waals surface area contributed by atoms with Crippen LogP contribution >= 0.6 is 0 Å². The van der Waals surface area contributed by atoms with E-state index in [0.29, 0.717) is 11.3 Å². The number of nitro groups is 1. The summed E-state index contributed by atoms with van der Waals surface area (Å²) in [6.45, 7) is 1.91. The van der Waals surface area contributed by atoms with Crippen LogP contribution in [0.3, 0.4) is 0 Å². The molecule has 0 atom stereocenters. The number of ether oxygens (including phenoxy) is 1. The number of esters is 1. The van der Waals surface area contributed by atoms with Crippen molar-refractivity contribution in [2.45, 2.75) is 6.92 Å². The zero-order chi connectivity index (χ0) is 13.8. The van der Waals surface area contributed by atoms with Gasteiger partial charge in [0.05, 0.1) is 11.5 Å². The molecular weight excluding hydrogens is 252 g/mol. The first-order valence-corrected chi connectivity index (χ1v) is 5.49. The first-order chi connectivity index (χ1) is 9.11. The third-order valence-corrected chi connectivity index (χ3v) is 2.33. The summed E-state index contributed by atoms with van der Waals surface area (Å²) in [4.78, 5) is 25.4. The van der Waals surface area contributed by atoms with E-state index in [1.54, 1.807) is 6.92 Å². The summed E-state index contributed by atoms with van der Waals surface area (Å²) >= 11 is 0. The molecule has 1 heterocycles. The van der Waals surface area contributed by atoms with Gasteiger partial charge >= 0.3 is 11.9 Å². The number of carbonyl (C=O) groups is 1. The smallest absolute Gasteiger partial charge is 0.394 e. The Morgan fingerprint density at radius 1 is 1.42 bits per heavy atom. The third kappa shape index (κ3) is 2.76. The van der Waals surface area contributed by atoms with Crippen LogP contribution in [-0.2, 0) is 4.74 Å². The number of nitro benzene ring substituents is 1. The first kappa shape index (κ1) is 12.7. The van der Waals surface area contributed by atoms with Crippen LogP contribution in [-0.4, -0.2) is 22.5 Å². The van der Waals surface area contributed by atoms with Crippen molar-refractivity contribution in [1.82, 2.24) is 4.98 Å². The maximum absolute atomic E-state index is 11.4. The molecule has 0 saturated heterocycles. The molecule has 0 aliphatic rings. The summed E-state index contributed by atoms with van der Waals surface area (Å²) in [5.41, 5.74) is 1.01. The summed E-state index contributed by atoms with van der Waals surface area (Å²) in [6, 6.07) is 5.78. The Balaban J connectivity index is 2.23. The normalized spacial score (nSPS) is 10.2. The van der Waals surface area contributed by atoms with Gasteiger partial charge in [-0.25, -0.2) is 9.78 Å². The Bertz CT molecular complexity index is 603. The minimum Gasteiger partial charge on any atom is -0.459 e. The number of nitrogens with zero attached hydrogens (tertiary/aromatic N) is 2. The SMILES string of the molecule is CCOC(=O)c1nc(-c2ccc([N+](=O)[O-])cc2)co1. The van der Waals surface area contributed by atoms with Gasteiger partial charge in [0.2, 0.25) is 0 Å². The Labute approximate surface area is 108 Å². The van der Waals surface area contributed by atoms with E-state index in [2.05, 4.69) is 4.98 Å². The number of oxazole rings is 1. The predicted octanol–water partition coefficient (Wildman–Crippen LogP) is 2.43. The van der Waals surface area contributed by atoms with E-state index >= 15 is 0 Å². The number of hydrogen-bond donors (Lipinski definition) is 0. The molecule has 0 amide bonds. The standard InChI is InChI=1S/C12H10N2O5/c1-2-18-12(15)11-13-10(7-19-11)8-3-5-9(6-4-8)14(16)17/h3-7H,2H2,1H3. The van der Waals surface area contributed by atoms with E-state index in [1.807, 2.05) is 0 Å². The zero-order valence-electron chi connectivity index (χ0n) is 10.0. The summed E-state index contributed by atoms with van der Waals surface area (Å²) in [7, 11) is 0. The highest BCUT2D eigenvalue weighted by Gasteiger charge is 2.15. The van der Waals surface area contributed by atoms with Crippen molar-refractivity contribution in [2.24, 2.45) is 0 Å². The predicted molar refractivity (Wildman–Crippen MR) is 64.5 cm³/mol. The summed E-state index contributed by atoms with van der Waals surface area (Å²) in [6.07, 6.45) is 1.30. The van der Waals surface area contributed by atoms with Gasteiger partial charge in [-0.2, -0.15) is 0 Å². The lowest BCUT2D eigenvalue weighted by atomic mass is 10.1. The van der Waals surface area contributed by atoms with Crippen LogP contribution in [0.1, 0.15) is 17.6 Å². The third-order valence-electron chi connectivity index (χ3n) is 2.33. The molecule has 1 aromatic carbocycles. The molecule has 0 radical (unpaired) electrons. The lowest BCUT2D eigenvalue weighted by Crippen LogP contribution is -2.04. The minimum absolute atomic E-state index is 0.0159. The Morgan fingerprint density at radius 2 is 2.11 bits per heavy atom. The van der Waals surface area contributed by atoms with Crippen molar-refractivity contribution in [3.8, 4) is 11.3 Å². The van der Waals surface area contributed by atoms with Gasteiger partial charge in [-0.1, -0.05) is 0 Å². The van der Waals surface area contributed by atoms with Crippen molar-refractivity contribution >= 4 is 11.7 Å². The Morgan fingerprint density at radius 3 is 2.68 bits per heavy atom. The Kier molecular flexibility index (Phi) is 3.56. The van der Waals surface area contributed by atoms with Gasteiger partial charge in [0.1, 0.15) is 12.0 Å². The number of non-ortho nitro benzene ring substituents is 1. The van der Waals surface area contributed by atoms with Gasteiger partial charge < -0.3 is 9.15 Å². The number of rotatable bonds is 4. The van der Waals surface area contributed by atoms with Crippen LogP contribution in [0.15, 0.2) is 34.9 Å². The topological polar surface area (TPSA) is 95.5 Å². The second kappa shape index (κ2) is 5.30. The van der Waals surface area contributed by atoms with E-state index in [1.165, 1.54) is 30.5 Å². The molecule has 1 aromatic heterocycles. The molecule has 0 aliphatic carbocycles. The van der Waals surface area contributed by atoms with Gasteiger partial charge in [-0.3, -0.25) is 10.1 Å². The molecule has 2 rings (SSSR count). The molecule has 0 unspecified atom stereocenters. The van der Waals surface area contributed by atoms with Gasteiger partial charge in [-0.05, 0) is 19.1 Å². The average Bonchev–Trinajstić information content (AvgIpc) is 2.89. The van der Waals surface area contributed by atoms with Gasteiger partial charge in [0, 0.05) is 17.7 Å². The highest BCUT2D eigenvalue weighted by molar-refractivity contribution is 5.85. The summed E-state index contributed by atoms with van der Waals surface area (Å²) < 4.78 is 9.73. The van der Waals surface area contributed by atoms with Crippen molar-refractivity contribution in [3.63, 3.8) is 0 Å². The molecule has 0 aliphatic heterocycles. The number of aromatic nitrogens is 1. The van der Waals surface area contributed by atoms with Crippen LogP contribution in [0.5, 0.6) is 0 Å². The fourth-order valence-corrected chi connectivity index (χ4v) is 1.45. The number of benzene rings is 1. The monoisotopic (exact) mass is 262 g/mol. The van der Waals surface area contributed by atoms with E-state index in [4.69, 9.17) is 9.15 Å². The largest absolute Gasteiger partial charge is 0.459 e. The van der Waals surface area contributed by atoms with Gasteiger partial charge in [0.15, 0.2) is 0 Å². The van der Waals surface area contributed by atoms with Crippen LogP contribution in [0, 0.1) is 10.1 Å². The molecule has 0 bridgehead atoms. The highest BCUT2D eigenvalue weighted by atomic mass is 16.6. The van der Waals surface area contributed by atoms with E-state index in [-0.39, 0.29) is 18.2 Å². The number of hydrogen-bond acceptors (Lipinski definition) is 6. The zero-order valence-corrected chi connectivity index (χ0v) is 10.0. The quantitative estimate of drug-likeness (QED) is 0.477. The summed E-state index contributed by atoms with van der Waals surface area (Å²) in [5.74, 6) is -0.786. The van der Waals surface area contributed by atoms with Crippen molar-refractivity contribution < 1.29 is 18.9 Å². The van der Waals surface area contributed by atoms with Crippen LogP contribution in [0.4, 0.5) is 5.69 Å². The van der Waals surface area contributed by atoms with E-state index < -0.39 is 10.9 Å². The van der Waals surface area contributed by atoms with Crippen molar-refractivity contribution in [1.29, 1.82) is 0 Å². The van der Waals surface area contributed by atoms with E-state index in [9.17, 15) is 14.9 Å². The van der Waals surface area contributed by atoms with E-state index in [0.717, 1.165) is 0 Å².